The Labute approximate surface area is 99.4 Å². The van der Waals surface area contributed by atoms with Gasteiger partial charge in [-0.2, -0.15) is 5.10 Å². The molecule has 5 nitrogen and oxygen atoms in total. The van der Waals surface area contributed by atoms with Gasteiger partial charge < -0.3 is 5.73 Å². The molecule has 0 atom stereocenters. The lowest BCUT2D eigenvalue weighted by atomic mass is 10.2. The maximum absolute atomic E-state index is 11.1. The molecule has 2 rings (SSSR count). The molecule has 0 aliphatic carbocycles. The van der Waals surface area contributed by atoms with Gasteiger partial charge in [0.1, 0.15) is 0 Å². The lowest BCUT2D eigenvalue weighted by molar-refractivity contribution is 0.1000. The molecule has 2 aromatic rings. The molecule has 15 heavy (non-hydrogen) atoms. The third kappa shape index (κ3) is 1.99. The molecule has 0 bridgehead atoms. The van der Waals surface area contributed by atoms with Crippen LogP contribution >= 0.6 is 22.6 Å². The largest absolute Gasteiger partial charge is 0.365 e. The minimum atomic E-state index is -0.511. The van der Waals surface area contributed by atoms with Crippen LogP contribution in [0.1, 0.15) is 10.4 Å². The van der Waals surface area contributed by atoms with Crippen LogP contribution in [-0.2, 0) is 0 Å². The fourth-order valence-electron chi connectivity index (χ4n) is 1.19. The van der Waals surface area contributed by atoms with Gasteiger partial charge in [0.15, 0.2) is 5.82 Å². The van der Waals surface area contributed by atoms with Gasteiger partial charge in [0.25, 0.3) is 5.91 Å². The number of hydrogen-bond donors (Lipinski definition) is 1. The van der Waals surface area contributed by atoms with E-state index < -0.39 is 5.91 Å². The van der Waals surface area contributed by atoms with Crippen molar-refractivity contribution in [3.8, 4) is 5.82 Å². The first-order chi connectivity index (χ1) is 7.18. The zero-order valence-electron chi connectivity index (χ0n) is 7.59. The molecule has 0 aliphatic rings. The van der Waals surface area contributed by atoms with Gasteiger partial charge in [0.05, 0.1) is 15.3 Å². The summed E-state index contributed by atoms with van der Waals surface area (Å²) in [5.74, 6) is -0.0588. The van der Waals surface area contributed by atoms with Gasteiger partial charge in [-0.05, 0) is 34.7 Å². The number of carbonyl (C=O) groups excluding carboxylic acids is 1. The molecule has 2 N–H and O–H groups in total. The number of amides is 1. The first kappa shape index (κ1) is 10.1. The Balaban J connectivity index is 2.57. The maximum atomic E-state index is 11.1. The van der Waals surface area contributed by atoms with E-state index in [1.165, 1.54) is 4.68 Å². The minimum Gasteiger partial charge on any atom is -0.365 e. The Kier molecular flexibility index (Phi) is 2.67. The van der Waals surface area contributed by atoms with Crippen LogP contribution in [0, 0.1) is 3.57 Å². The van der Waals surface area contributed by atoms with E-state index in [2.05, 4.69) is 32.7 Å². The highest BCUT2D eigenvalue weighted by Crippen LogP contribution is 2.11. The molecule has 2 heterocycles. The summed E-state index contributed by atoms with van der Waals surface area (Å²) in [4.78, 5) is 15.2. The van der Waals surface area contributed by atoms with Crippen LogP contribution in [-0.4, -0.2) is 20.7 Å². The standard InChI is InChI=1S/C9H7IN4O/c10-6-4-13-14(5-6)9-7(8(11)15)2-1-3-12-9/h1-5H,(H2,11,15). The van der Waals surface area contributed by atoms with Crippen molar-refractivity contribution in [3.05, 3.63) is 39.9 Å². The van der Waals surface area contributed by atoms with Gasteiger partial charge in [0, 0.05) is 12.4 Å². The molecule has 6 heteroatoms. The first-order valence-corrected chi connectivity index (χ1v) is 5.22. The molecule has 2 aromatic heterocycles. The number of primary amides is 1. The van der Waals surface area contributed by atoms with Crippen LogP contribution in [0.5, 0.6) is 0 Å². The van der Waals surface area contributed by atoms with Gasteiger partial charge in [-0.25, -0.2) is 9.67 Å². The molecular formula is C9H7IN4O. The Hall–Kier alpha value is -1.44. The molecule has 0 spiro atoms. The molecule has 0 saturated heterocycles. The predicted octanol–water partition coefficient (Wildman–Crippen LogP) is 0.971. The number of nitrogens with two attached hydrogens (primary N) is 1. The SMILES string of the molecule is NC(=O)c1cccnc1-n1cc(I)cn1. The van der Waals surface area contributed by atoms with Crippen molar-refractivity contribution >= 4 is 28.5 Å². The predicted molar refractivity (Wildman–Crippen MR) is 62.6 cm³/mol. The molecule has 0 aliphatic heterocycles. The molecular weight excluding hydrogens is 307 g/mol. The van der Waals surface area contributed by atoms with Crippen LogP contribution in [0.15, 0.2) is 30.7 Å². The summed E-state index contributed by atoms with van der Waals surface area (Å²) in [7, 11) is 0. The van der Waals surface area contributed by atoms with Crippen molar-refractivity contribution in [1.82, 2.24) is 14.8 Å². The second-order valence-corrected chi connectivity index (χ2v) is 4.09. The monoisotopic (exact) mass is 314 g/mol. The first-order valence-electron chi connectivity index (χ1n) is 4.14. The van der Waals surface area contributed by atoms with Crippen LogP contribution in [0.2, 0.25) is 0 Å². The minimum absolute atomic E-state index is 0.358. The zero-order valence-corrected chi connectivity index (χ0v) is 9.75. The summed E-state index contributed by atoms with van der Waals surface area (Å²) in [6, 6.07) is 3.29. The maximum Gasteiger partial charge on any atom is 0.252 e. The summed E-state index contributed by atoms with van der Waals surface area (Å²) in [6.07, 6.45) is 5.05. The summed E-state index contributed by atoms with van der Waals surface area (Å²) >= 11 is 2.13. The number of halogens is 1. The van der Waals surface area contributed by atoms with Gasteiger partial charge in [-0.3, -0.25) is 4.79 Å². The van der Waals surface area contributed by atoms with E-state index >= 15 is 0 Å². The van der Waals surface area contributed by atoms with E-state index in [9.17, 15) is 4.79 Å². The molecule has 0 unspecified atom stereocenters. The van der Waals surface area contributed by atoms with E-state index in [4.69, 9.17) is 5.73 Å². The molecule has 0 aromatic carbocycles. The van der Waals surface area contributed by atoms with Crippen molar-refractivity contribution in [2.75, 3.05) is 0 Å². The molecule has 76 valence electrons. The normalized spacial score (nSPS) is 10.2. The van der Waals surface area contributed by atoms with Crippen molar-refractivity contribution in [2.45, 2.75) is 0 Å². The van der Waals surface area contributed by atoms with Crippen molar-refractivity contribution in [1.29, 1.82) is 0 Å². The zero-order chi connectivity index (χ0) is 10.8. The summed E-state index contributed by atoms with van der Waals surface area (Å²) in [5, 5.41) is 4.07. The van der Waals surface area contributed by atoms with Crippen molar-refractivity contribution < 1.29 is 4.79 Å². The van der Waals surface area contributed by atoms with Crippen molar-refractivity contribution in [3.63, 3.8) is 0 Å². The molecule has 0 saturated carbocycles. The lowest BCUT2D eigenvalue weighted by Crippen LogP contribution is -2.15. The van der Waals surface area contributed by atoms with Crippen LogP contribution in [0.25, 0.3) is 5.82 Å². The van der Waals surface area contributed by atoms with E-state index in [1.54, 1.807) is 30.7 Å². The number of aromatic nitrogens is 3. The van der Waals surface area contributed by atoms with Crippen LogP contribution in [0.3, 0.4) is 0 Å². The number of carbonyl (C=O) groups is 1. The lowest BCUT2D eigenvalue weighted by Gasteiger charge is -2.03. The fraction of sp³-hybridized carbons (Fsp3) is 0. The van der Waals surface area contributed by atoms with E-state index in [0.29, 0.717) is 11.4 Å². The van der Waals surface area contributed by atoms with E-state index in [1.807, 2.05) is 0 Å². The van der Waals surface area contributed by atoms with Gasteiger partial charge >= 0.3 is 0 Å². The van der Waals surface area contributed by atoms with Gasteiger partial charge in [-0.15, -0.1) is 0 Å². The molecule has 0 fully saturated rings. The molecule has 0 radical (unpaired) electrons. The smallest absolute Gasteiger partial charge is 0.252 e. The Morgan fingerprint density at radius 2 is 2.33 bits per heavy atom. The molecule has 1 amide bonds. The highest BCUT2D eigenvalue weighted by molar-refractivity contribution is 14.1. The van der Waals surface area contributed by atoms with E-state index in [-0.39, 0.29) is 0 Å². The number of pyridine rings is 1. The van der Waals surface area contributed by atoms with Crippen LogP contribution in [0.4, 0.5) is 0 Å². The highest BCUT2D eigenvalue weighted by Gasteiger charge is 2.10. The fourth-order valence-corrected chi connectivity index (χ4v) is 1.58. The summed E-state index contributed by atoms with van der Waals surface area (Å²) in [5.41, 5.74) is 5.60. The topological polar surface area (TPSA) is 73.8 Å². The van der Waals surface area contributed by atoms with Crippen LogP contribution < -0.4 is 5.73 Å². The number of rotatable bonds is 2. The third-order valence-corrected chi connectivity index (χ3v) is 2.38. The average Bonchev–Trinajstić information content (AvgIpc) is 2.65. The summed E-state index contributed by atoms with van der Waals surface area (Å²) < 4.78 is 2.50. The highest BCUT2D eigenvalue weighted by atomic mass is 127. The second kappa shape index (κ2) is 3.97. The van der Waals surface area contributed by atoms with Crippen molar-refractivity contribution in [2.24, 2.45) is 5.73 Å². The number of hydrogen-bond acceptors (Lipinski definition) is 3. The Bertz CT molecular complexity index is 508. The second-order valence-electron chi connectivity index (χ2n) is 2.84. The quantitative estimate of drug-likeness (QED) is 0.840. The Morgan fingerprint density at radius 3 is 2.93 bits per heavy atom. The van der Waals surface area contributed by atoms with Gasteiger partial charge in [-0.1, -0.05) is 0 Å². The number of nitrogens with zero attached hydrogens (tertiary/aromatic N) is 3. The summed E-state index contributed by atoms with van der Waals surface area (Å²) in [6.45, 7) is 0. The van der Waals surface area contributed by atoms with E-state index in [0.717, 1.165) is 3.57 Å². The average molecular weight is 314 g/mol. The van der Waals surface area contributed by atoms with Gasteiger partial charge in [0.2, 0.25) is 0 Å². The third-order valence-electron chi connectivity index (χ3n) is 1.82. The Morgan fingerprint density at radius 1 is 1.53 bits per heavy atom.